The molecule has 5 nitrogen and oxygen atoms in total. The van der Waals surface area contributed by atoms with Gasteiger partial charge >= 0.3 is 5.97 Å². The van der Waals surface area contributed by atoms with Gasteiger partial charge in [0.25, 0.3) is 0 Å². The van der Waals surface area contributed by atoms with Crippen molar-refractivity contribution >= 4 is 25.9 Å². The number of ketones is 2. The Morgan fingerprint density at radius 1 is 1.18 bits per heavy atom. The molecule has 2 saturated carbocycles. The van der Waals surface area contributed by atoms with Gasteiger partial charge in [0.1, 0.15) is 11.5 Å². The molecular weight excluding hydrogens is 444 g/mol. The first-order valence-electron chi connectivity index (χ1n) is 12.9. The molecule has 3 aliphatic rings. The highest BCUT2D eigenvalue weighted by atomic mass is 28.4. The molecule has 0 spiro atoms. The van der Waals surface area contributed by atoms with E-state index >= 15 is 0 Å². The van der Waals surface area contributed by atoms with Gasteiger partial charge in [-0.1, -0.05) is 33.8 Å². The van der Waals surface area contributed by atoms with Gasteiger partial charge in [-0.15, -0.1) is 0 Å². The van der Waals surface area contributed by atoms with E-state index in [1.165, 1.54) is 11.1 Å². The maximum atomic E-state index is 13.3. The number of ether oxygens (including phenoxy) is 1. The SMILES string of the molecule is CCOC(=O)C(=O)C1CC2C3CCc4cc(O[Si](C)(C)C(C)(C)C)ccc4C3CCC2(C)C1=O. The maximum Gasteiger partial charge on any atom is 0.375 e. The molecule has 0 aliphatic heterocycles. The lowest BCUT2D eigenvalue weighted by molar-refractivity contribution is -0.156. The summed E-state index contributed by atoms with van der Waals surface area (Å²) in [6.45, 7) is 15.2. The number of benzene rings is 1. The minimum atomic E-state index is -1.90. The molecule has 186 valence electrons. The van der Waals surface area contributed by atoms with Crippen LogP contribution in [0.1, 0.15) is 77.3 Å². The van der Waals surface area contributed by atoms with Gasteiger partial charge in [-0.2, -0.15) is 0 Å². The lowest BCUT2D eigenvalue weighted by atomic mass is 9.55. The second-order valence-electron chi connectivity index (χ2n) is 12.3. The second kappa shape index (κ2) is 8.61. The summed E-state index contributed by atoms with van der Waals surface area (Å²) in [6, 6.07) is 6.62. The summed E-state index contributed by atoms with van der Waals surface area (Å²) in [5.74, 6) is -0.521. The quantitative estimate of drug-likeness (QED) is 0.227. The first-order valence-corrected chi connectivity index (χ1v) is 15.8. The van der Waals surface area contributed by atoms with E-state index in [2.05, 4.69) is 52.1 Å². The standard InChI is InChI=1S/C28H40O5Si/c1-8-32-26(31)24(29)22-16-23-21-11-9-17-15-18(33-34(6,7)27(2,3)4)10-12-19(17)20(21)13-14-28(23,5)25(22)30/h10,12,15,20-23H,8-9,11,13-14,16H2,1-7H3. The van der Waals surface area contributed by atoms with Gasteiger partial charge in [0, 0.05) is 5.41 Å². The summed E-state index contributed by atoms with van der Waals surface area (Å²) < 4.78 is 11.5. The first-order chi connectivity index (χ1) is 15.8. The van der Waals surface area contributed by atoms with Crippen molar-refractivity contribution in [1.29, 1.82) is 0 Å². The summed E-state index contributed by atoms with van der Waals surface area (Å²) in [5.41, 5.74) is 2.23. The first kappa shape index (κ1) is 25.1. The summed E-state index contributed by atoms with van der Waals surface area (Å²) >= 11 is 0. The van der Waals surface area contributed by atoms with E-state index in [0.29, 0.717) is 18.3 Å². The van der Waals surface area contributed by atoms with Crippen LogP contribution < -0.4 is 4.43 Å². The molecule has 0 bridgehead atoms. The predicted molar refractivity (Wildman–Crippen MR) is 134 cm³/mol. The summed E-state index contributed by atoms with van der Waals surface area (Å²) in [5, 5.41) is 0.147. The van der Waals surface area contributed by atoms with Gasteiger partial charge in [-0.3, -0.25) is 9.59 Å². The van der Waals surface area contributed by atoms with Gasteiger partial charge in [0.05, 0.1) is 12.5 Å². The normalized spacial score (nSPS) is 30.7. The molecule has 1 aromatic rings. The van der Waals surface area contributed by atoms with E-state index in [0.717, 1.165) is 31.4 Å². The van der Waals surface area contributed by atoms with Gasteiger partial charge in [0.15, 0.2) is 0 Å². The fourth-order valence-corrected chi connectivity index (χ4v) is 7.48. The van der Waals surface area contributed by atoms with E-state index in [1.54, 1.807) is 6.92 Å². The number of rotatable bonds is 5. The van der Waals surface area contributed by atoms with Crippen molar-refractivity contribution in [3.05, 3.63) is 29.3 Å². The summed E-state index contributed by atoms with van der Waals surface area (Å²) in [4.78, 5) is 38.1. The van der Waals surface area contributed by atoms with Crippen LogP contribution in [0.2, 0.25) is 18.1 Å². The van der Waals surface area contributed by atoms with Crippen LogP contribution in [-0.2, 0) is 25.5 Å². The number of hydrogen-bond donors (Lipinski definition) is 0. The lowest BCUT2D eigenvalue weighted by Gasteiger charge is -2.48. The summed E-state index contributed by atoms with van der Waals surface area (Å²) in [7, 11) is -1.90. The smallest absolute Gasteiger partial charge is 0.375 e. The number of Topliss-reactive ketones (excluding diaryl/α,β-unsaturated/α-hetero) is 2. The zero-order valence-corrected chi connectivity index (χ0v) is 22.8. The van der Waals surface area contributed by atoms with Crippen LogP contribution in [0, 0.1) is 23.2 Å². The van der Waals surface area contributed by atoms with Crippen LogP contribution in [0.3, 0.4) is 0 Å². The Bertz CT molecular complexity index is 1010. The fraction of sp³-hybridized carbons (Fsp3) is 0.679. The molecule has 34 heavy (non-hydrogen) atoms. The van der Waals surface area contributed by atoms with Crippen LogP contribution >= 0.6 is 0 Å². The van der Waals surface area contributed by atoms with E-state index in [4.69, 9.17) is 9.16 Å². The molecule has 0 amide bonds. The zero-order valence-electron chi connectivity index (χ0n) is 21.8. The molecular formula is C28H40O5Si. The molecule has 3 aliphatic carbocycles. The Morgan fingerprint density at radius 2 is 1.88 bits per heavy atom. The number of aryl methyl sites for hydroxylation is 1. The third-order valence-corrected chi connectivity index (χ3v) is 13.8. The highest BCUT2D eigenvalue weighted by Crippen LogP contribution is 2.61. The third kappa shape index (κ3) is 4.06. The Labute approximate surface area is 205 Å². The average molecular weight is 485 g/mol. The van der Waals surface area contributed by atoms with Gasteiger partial charge in [-0.05, 0) is 98.2 Å². The topological polar surface area (TPSA) is 69.7 Å². The number of hydrogen-bond acceptors (Lipinski definition) is 5. The number of fused-ring (bicyclic) bond motifs is 5. The molecule has 0 N–H and O–H groups in total. The molecule has 1 aromatic carbocycles. The Kier molecular flexibility index (Phi) is 6.37. The van der Waals surface area contributed by atoms with E-state index in [-0.39, 0.29) is 23.3 Å². The molecule has 0 radical (unpaired) electrons. The maximum absolute atomic E-state index is 13.3. The van der Waals surface area contributed by atoms with Crippen LogP contribution in [-0.4, -0.2) is 32.5 Å². The molecule has 6 heteroatoms. The predicted octanol–water partition coefficient (Wildman–Crippen LogP) is 5.85. The van der Waals surface area contributed by atoms with Crippen molar-refractivity contribution in [3.63, 3.8) is 0 Å². The van der Waals surface area contributed by atoms with Gasteiger partial charge < -0.3 is 9.16 Å². The van der Waals surface area contributed by atoms with Crippen molar-refractivity contribution < 1.29 is 23.5 Å². The number of carbonyl (C=O) groups is 3. The molecule has 4 rings (SSSR count). The van der Waals surface area contributed by atoms with Gasteiger partial charge in [0.2, 0.25) is 14.1 Å². The largest absolute Gasteiger partial charge is 0.543 e. The second-order valence-corrected chi connectivity index (χ2v) is 17.1. The molecule has 5 unspecified atom stereocenters. The van der Waals surface area contributed by atoms with Crippen LogP contribution in [0.5, 0.6) is 5.75 Å². The molecule has 0 heterocycles. The van der Waals surface area contributed by atoms with Crippen LogP contribution in [0.15, 0.2) is 18.2 Å². The minimum Gasteiger partial charge on any atom is -0.543 e. The summed E-state index contributed by atoms with van der Waals surface area (Å²) in [6.07, 6.45) is 4.17. The van der Waals surface area contributed by atoms with Crippen molar-refractivity contribution in [2.75, 3.05) is 6.61 Å². The monoisotopic (exact) mass is 484 g/mol. The third-order valence-electron chi connectivity index (χ3n) is 9.43. The van der Waals surface area contributed by atoms with Crippen LogP contribution in [0.25, 0.3) is 0 Å². The average Bonchev–Trinajstić information content (AvgIpc) is 3.03. The molecule has 0 saturated heterocycles. The van der Waals surface area contributed by atoms with E-state index in [1.807, 2.05) is 6.92 Å². The van der Waals surface area contributed by atoms with Crippen molar-refractivity contribution in [2.24, 2.45) is 23.2 Å². The molecule has 5 atom stereocenters. The number of carbonyl (C=O) groups excluding carboxylic acids is 3. The van der Waals surface area contributed by atoms with E-state index < -0.39 is 31.4 Å². The van der Waals surface area contributed by atoms with Crippen LogP contribution in [0.4, 0.5) is 0 Å². The molecule has 2 fully saturated rings. The van der Waals surface area contributed by atoms with E-state index in [9.17, 15) is 14.4 Å². The Hall–Kier alpha value is -1.95. The lowest BCUT2D eigenvalue weighted by Crippen LogP contribution is -2.44. The highest BCUT2D eigenvalue weighted by Gasteiger charge is 2.60. The van der Waals surface area contributed by atoms with Crippen molar-refractivity contribution in [1.82, 2.24) is 0 Å². The molecule has 0 aromatic heterocycles. The zero-order chi connectivity index (χ0) is 25.1. The Morgan fingerprint density at radius 3 is 2.53 bits per heavy atom. The minimum absolute atomic E-state index is 0.0436. The van der Waals surface area contributed by atoms with Crippen molar-refractivity contribution in [2.45, 2.75) is 90.8 Å². The Balaban J connectivity index is 1.56. The fourth-order valence-electron chi connectivity index (χ4n) is 6.46. The highest BCUT2D eigenvalue weighted by molar-refractivity contribution is 6.74. The number of esters is 1. The van der Waals surface area contributed by atoms with Gasteiger partial charge in [-0.25, -0.2) is 4.79 Å². The van der Waals surface area contributed by atoms with Crippen molar-refractivity contribution in [3.8, 4) is 5.75 Å².